The molecular weight excluding hydrogens is 517 g/mol. The molecular formula is C29H30FN5O5. The Kier molecular flexibility index (Phi) is 7.74. The summed E-state index contributed by atoms with van der Waals surface area (Å²) in [4.78, 5) is 56.6. The van der Waals surface area contributed by atoms with Gasteiger partial charge in [0.1, 0.15) is 17.6 Å². The molecule has 1 aromatic heterocycles. The Morgan fingerprint density at radius 3 is 2.62 bits per heavy atom. The van der Waals surface area contributed by atoms with Crippen molar-refractivity contribution in [3.05, 3.63) is 71.7 Å². The summed E-state index contributed by atoms with van der Waals surface area (Å²) >= 11 is 0. The quantitative estimate of drug-likeness (QED) is 0.341. The lowest BCUT2D eigenvalue weighted by Crippen LogP contribution is -2.49. The van der Waals surface area contributed by atoms with E-state index < -0.39 is 48.3 Å². The summed E-state index contributed by atoms with van der Waals surface area (Å²) in [7, 11) is 0. The summed E-state index contributed by atoms with van der Waals surface area (Å²) in [6, 6.07) is 12.8. The first kappa shape index (κ1) is 27.2. The van der Waals surface area contributed by atoms with Crippen LogP contribution in [0.1, 0.15) is 48.3 Å². The molecule has 1 saturated heterocycles. The normalized spacial score (nSPS) is 19.2. The second-order valence-electron chi connectivity index (χ2n) is 10.2. The number of carbonyl (C=O) groups is 4. The van der Waals surface area contributed by atoms with E-state index in [-0.39, 0.29) is 30.5 Å². The molecule has 3 atom stereocenters. The third-order valence-electron chi connectivity index (χ3n) is 7.18. The molecule has 1 aliphatic heterocycles. The number of hydrogen-bond acceptors (Lipinski definition) is 6. The molecule has 0 radical (unpaired) electrons. The van der Waals surface area contributed by atoms with Crippen LogP contribution in [0, 0.1) is 11.7 Å². The van der Waals surface area contributed by atoms with Gasteiger partial charge in [0.05, 0.1) is 24.2 Å². The standard InChI is InChI=1S/C29H30FN5O5/c1-16(21-4-2-3-5-23(21)34-27(38)17-6-7-17)32-29(40)25-13-20(36)15-35(25)26(37)14-31-28(39)24-10-8-18-12-19(30)9-11-22(18)33-24/h2-5,8-12,16-17,20,25,36H,6-7,13-15H2,1H3,(H,31,39)(H,32,40)(H,34,38)/t16-,20+,25-/m0/s1. The van der Waals surface area contributed by atoms with Gasteiger partial charge in [0, 0.05) is 30.0 Å². The maximum absolute atomic E-state index is 13.4. The van der Waals surface area contributed by atoms with Crippen molar-refractivity contribution in [2.24, 2.45) is 5.92 Å². The fourth-order valence-electron chi connectivity index (χ4n) is 4.86. The molecule has 1 saturated carbocycles. The van der Waals surface area contributed by atoms with Crippen molar-refractivity contribution in [3.63, 3.8) is 0 Å². The monoisotopic (exact) mass is 547 g/mol. The van der Waals surface area contributed by atoms with Crippen LogP contribution < -0.4 is 16.0 Å². The number of nitrogens with one attached hydrogen (secondary N) is 3. The van der Waals surface area contributed by atoms with Crippen LogP contribution >= 0.6 is 0 Å². The Labute approximate surface area is 230 Å². The van der Waals surface area contributed by atoms with Crippen molar-refractivity contribution in [1.29, 1.82) is 0 Å². The first-order valence-electron chi connectivity index (χ1n) is 13.2. The number of pyridine rings is 1. The van der Waals surface area contributed by atoms with Gasteiger partial charge in [0.25, 0.3) is 5.91 Å². The highest BCUT2D eigenvalue weighted by atomic mass is 19.1. The van der Waals surface area contributed by atoms with Gasteiger partial charge in [-0.1, -0.05) is 24.3 Å². The number of aromatic nitrogens is 1. The van der Waals surface area contributed by atoms with Gasteiger partial charge < -0.3 is 26.0 Å². The van der Waals surface area contributed by atoms with Crippen LogP contribution in [0.15, 0.2) is 54.6 Å². The van der Waals surface area contributed by atoms with Gasteiger partial charge in [-0.25, -0.2) is 9.37 Å². The molecule has 4 N–H and O–H groups in total. The molecule has 4 amide bonds. The number of nitrogens with zero attached hydrogens (tertiary/aromatic N) is 2. The number of rotatable bonds is 8. The van der Waals surface area contributed by atoms with E-state index in [1.165, 1.54) is 29.2 Å². The molecule has 10 nitrogen and oxygen atoms in total. The van der Waals surface area contributed by atoms with Crippen molar-refractivity contribution in [2.45, 2.75) is 44.4 Å². The molecule has 3 aromatic rings. The number of likely N-dealkylation sites (tertiary alicyclic amines) is 1. The van der Waals surface area contributed by atoms with E-state index in [0.717, 1.165) is 18.4 Å². The number of fused-ring (bicyclic) bond motifs is 1. The molecule has 40 heavy (non-hydrogen) atoms. The van der Waals surface area contributed by atoms with Gasteiger partial charge in [0.2, 0.25) is 17.7 Å². The highest BCUT2D eigenvalue weighted by Gasteiger charge is 2.39. The highest BCUT2D eigenvalue weighted by Crippen LogP contribution is 2.32. The molecule has 0 spiro atoms. The maximum atomic E-state index is 13.4. The van der Waals surface area contributed by atoms with Crippen LogP contribution in [0.3, 0.4) is 0 Å². The van der Waals surface area contributed by atoms with Crippen molar-refractivity contribution >= 4 is 40.2 Å². The lowest BCUT2D eigenvalue weighted by atomic mass is 10.0. The molecule has 2 aromatic carbocycles. The fraction of sp³-hybridized carbons (Fsp3) is 0.345. The van der Waals surface area contributed by atoms with Gasteiger partial charge in [-0.05, 0) is 55.7 Å². The number of aliphatic hydroxyl groups is 1. The predicted molar refractivity (Wildman–Crippen MR) is 145 cm³/mol. The fourth-order valence-corrected chi connectivity index (χ4v) is 4.86. The van der Waals surface area contributed by atoms with Crippen LogP contribution in [0.5, 0.6) is 0 Å². The molecule has 2 heterocycles. The Morgan fingerprint density at radius 2 is 1.85 bits per heavy atom. The summed E-state index contributed by atoms with van der Waals surface area (Å²) in [5, 5.41) is 19.1. The van der Waals surface area contributed by atoms with E-state index in [0.29, 0.717) is 16.6 Å². The SMILES string of the molecule is C[C@H](NC(=O)[C@@H]1C[C@@H](O)CN1C(=O)CNC(=O)c1ccc2cc(F)ccc2n1)c1ccccc1NC(=O)C1CC1. The minimum Gasteiger partial charge on any atom is -0.391 e. The van der Waals surface area contributed by atoms with E-state index in [1.807, 2.05) is 12.1 Å². The number of benzene rings is 2. The van der Waals surface area contributed by atoms with Crippen LogP contribution in [0.2, 0.25) is 0 Å². The Morgan fingerprint density at radius 1 is 1.07 bits per heavy atom. The summed E-state index contributed by atoms with van der Waals surface area (Å²) in [6.07, 6.45) is 0.906. The number of halogens is 1. The largest absolute Gasteiger partial charge is 0.391 e. The number of carbonyl (C=O) groups excluding carboxylic acids is 4. The minimum absolute atomic E-state index is 0.0274. The summed E-state index contributed by atoms with van der Waals surface area (Å²) in [5.41, 5.74) is 1.83. The number of β-amino-alcohol motifs (C(OH)–C–C–N with tert-alkyl or cyclic N) is 1. The van der Waals surface area contributed by atoms with Gasteiger partial charge in [-0.15, -0.1) is 0 Å². The number of para-hydroxylation sites is 1. The van der Waals surface area contributed by atoms with E-state index in [2.05, 4.69) is 20.9 Å². The topological polar surface area (TPSA) is 141 Å². The molecule has 0 bridgehead atoms. The van der Waals surface area contributed by atoms with E-state index in [4.69, 9.17) is 0 Å². The Hall–Kier alpha value is -4.38. The number of aliphatic hydroxyl groups excluding tert-OH is 1. The number of hydrogen-bond donors (Lipinski definition) is 4. The van der Waals surface area contributed by atoms with Crippen molar-refractivity contribution in [1.82, 2.24) is 20.5 Å². The molecule has 0 unspecified atom stereocenters. The van der Waals surface area contributed by atoms with Gasteiger partial charge in [0.15, 0.2) is 0 Å². The van der Waals surface area contributed by atoms with E-state index >= 15 is 0 Å². The average Bonchev–Trinajstić information content (AvgIpc) is 3.72. The number of amides is 4. The lowest BCUT2D eigenvalue weighted by Gasteiger charge is -2.26. The second kappa shape index (κ2) is 11.4. The average molecular weight is 548 g/mol. The second-order valence-corrected chi connectivity index (χ2v) is 10.2. The van der Waals surface area contributed by atoms with Gasteiger partial charge in [-0.3, -0.25) is 19.2 Å². The molecule has 11 heteroatoms. The summed E-state index contributed by atoms with van der Waals surface area (Å²) < 4.78 is 13.4. The molecule has 2 fully saturated rings. The molecule has 5 rings (SSSR count). The third-order valence-corrected chi connectivity index (χ3v) is 7.18. The maximum Gasteiger partial charge on any atom is 0.270 e. The summed E-state index contributed by atoms with van der Waals surface area (Å²) in [6.45, 7) is 1.34. The Bertz CT molecular complexity index is 1480. The van der Waals surface area contributed by atoms with Crippen molar-refractivity contribution in [3.8, 4) is 0 Å². The van der Waals surface area contributed by atoms with Crippen molar-refractivity contribution in [2.75, 3.05) is 18.4 Å². The van der Waals surface area contributed by atoms with Gasteiger partial charge >= 0.3 is 0 Å². The molecule has 208 valence electrons. The first-order chi connectivity index (χ1) is 19.2. The third kappa shape index (κ3) is 6.09. The Balaban J connectivity index is 1.20. The van der Waals surface area contributed by atoms with Crippen LogP contribution in [0.25, 0.3) is 10.9 Å². The minimum atomic E-state index is -0.927. The first-order valence-corrected chi connectivity index (χ1v) is 13.2. The summed E-state index contributed by atoms with van der Waals surface area (Å²) in [5.74, 6) is -2.01. The zero-order chi connectivity index (χ0) is 28.4. The zero-order valence-corrected chi connectivity index (χ0v) is 21.9. The van der Waals surface area contributed by atoms with Gasteiger partial charge in [-0.2, -0.15) is 0 Å². The lowest BCUT2D eigenvalue weighted by molar-refractivity contribution is -0.138. The number of anilines is 1. The van der Waals surface area contributed by atoms with Crippen LogP contribution in [-0.4, -0.2) is 63.9 Å². The highest BCUT2D eigenvalue weighted by molar-refractivity contribution is 5.98. The zero-order valence-electron chi connectivity index (χ0n) is 21.9. The van der Waals surface area contributed by atoms with Crippen LogP contribution in [0.4, 0.5) is 10.1 Å². The molecule has 2 aliphatic rings. The van der Waals surface area contributed by atoms with Crippen molar-refractivity contribution < 1.29 is 28.7 Å². The molecule has 1 aliphatic carbocycles. The van der Waals surface area contributed by atoms with E-state index in [9.17, 15) is 28.7 Å². The van der Waals surface area contributed by atoms with E-state index in [1.54, 1.807) is 25.1 Å². The van der Waals surface area contributed by atoms with Crippen LogP contribution in [-0.2, 0) is 14.4 Å². The predicted octanol–water partition coefficient (Wildman–Crippen LogP) is 2.29. The smallest absolute Gasteiger partial charge is 0.270 e.